The molecule has 0 aliphatic rings. The van der Waals surface area contributed by atoms with Gasteiger partial charge in [0, 0.05) is 5.70 Å². The predicted octanol–water partition coefficient (Wildman–Crippen LogP) is 4.45. The number of rotatable bonds is 4. The summed E-state index contributed by atoms with van der Waals surface area (Å²) in [4.78, 5) is 4.48. The average molecular weight is 203 g/mol. The van der Waals surface area contributed by atoms with Crippen molar-refractivity contribution < 1.29 is 0 Å². The van der Waals surface area contributed by atoms with E-state index in [4.69, 9.17) is 0 Å². The maximum Gasteiger partial charge on any atom is 0.0658 e. The molecular weight excluding hydrogens is 182 g/mol. The lowest BCUT2D eigenvalue weighted by molar-refractivity contribution is 1.27. The van der Waals surface area contributed by atoms with Gasteiger partial charge in [0.15, 0.2) is 0 Å². The van der Waals surface area contributed by atoms with Crippen molar-refractivity contribution in [3.05, 3.63) is 47.7 Å². The number of aliphatic imine (C=N–C) groups is 1. The summed E-state index contributed by atoms with van der Waals surface area (Å²) in [5.74, 6) is 0. The molecule has 0 aromatic heterocycles. The molecule has 0 spiro atoms. The maximum absolute atomic E-state index is 4.48. The fraction of sp³-hybridized carbons (Fsp3) is 0.357. The predicted molar refractivity (Wildman–Crippen MR) is 70.3 cm³/mol. The van der Waals surface area contributed by atoms with E-state index >= 15 is 0 Å². The molecule has 0 aromatic rings. The van der Waals surface area contributed by atoms with Gasteiger partial charge in [-0.15, -0.1) is 0 Å². The van der Waals surface area contributed by atoms with Crippen LogP contribution in [0.1, 0.15) is 34.6 Å². The van der Waals surface area contributed by atoms with Crippen LogP contribution in [0.5, 0.6) is 0 Å². The van der Waals surface area contributed by atoms with E-state index in [2.05, 4.69) is 18.2 Å². The Hall–Kier alpha value is -1.37. The highest BCUT2D eigenvalue weighted by Gasteiger charge is 1.98. The van der Waals surface area contributed by atoms with Gasteiger partial charge >= 0.3 is 0 Å². The smallest absolute Gasteiger partial charge is 0.0658 e. The van der Waals surface area contributed by atoms with Crippen LogP contribution in [0, 0.1) is 0 Å². The molecule has 0 aliphatic heterocycles. The standard InChI is InChI=1S/C14H21N/c1-8-13(7)15-14(11(4)5)9-12(6)10(2)3/h8-9H,2,4H2,1,3,5-7H3/b12-9+,13-8+,15-14-. The molecular formula is C14H21N. The van der Waals surface area contributed by atoms with Gasteiger partial charge in [0.25, 0.3) is 0 Å². The molecule has 0 unspecified atom stereocenters. The van der Waals surface area contributed by atoms with E-state index in [0.717, 1.165) is 28.1 Å². The van der Waals surface area contributed by atoms with Gasteiger partial charge < -0.3 is 0 Å². The summed E-state index contributed by atoms with van der Waals surface area (Å²) in [5, 5.41) is 0. The Labute approximate surface area is 93.6 Å². The van der Waals surface area contributed by atoms with Crippen LogP contribution in [0.15, 0.2) is 52.7 Å². The summed E-state index contributed by atoms with van der Waals surface area (Å²) in [6, 6.07) is 0. The average Bonchev–Trinajstić information content (AvgIpc) is 2.15. The Morgan fingerprint density at radius 1 is 1.00 bits per heavy atom. The normalized spacial score (nSPS) is 14.1. The van der Waals surface area contributed by atoms with Crippen LogP contribution in [-0.4, -0.2) is 5.71 Å². The number of hydrogen-bond acceptors (Lipinski definition) is 1. The van der Waals surface area contributed by atoms with Crippen LogP contribution in [0.25, 0.3) is 0 Å². The maximum atomic E-state index is 4.48. The summed E-state index contributed by atoms with van der Waals surface area (Å²) in [6.07, 6.45) is 4.00. The van der Waals surface area contributed by atoms with Crippen molar-refractivity contribution in [1.82, 2.24) is 0 Å². The van der Waals surface area contributed by atoms with E-state index in [9.17, 15) is 0 Å². The van der Waals surface area contributed by atoms with E-state index in [-0.39, 0.29) is 0 Å². The molecule has 15 heavy (non-hydrogen) atoms. The lowest BCUT2D eigenvalue weighted by Gasteiger charge is -2.04. The zero-order chi connectivity index (χ0) is 12.0. The quantitative estimate of drug-likeness (QED) is 0.473. The topological polar surface area (TPSA) is 12.4 Å². The van der Waals surface area contributed by atoms with Crippen LogP contribution in [-0.2, 0) is 0 Å². The first-order valence-corrected chi connectivity index (χ1v) is 5.10. The lowest BCUT2D eigenvalue weighted by Crippen LogP contribution is -1.97. The number of hydrogen-bond donors (Lipinski definition) is 0. The molecule has 1 nitrogen and oxygen atoms in total. The minimum absolute atomic E-state index is 0.922. The van der Waals surface area contributed by atoms with Gasteiger partial charge in [-0.3, -0.25) is 4.99 Å². The SMILES string of the molecule is C=C(C)C(/C=C(\C)C(=C)C)=N\C(C)=C\C. The van der Waals surface area contributed by atoms with Crippen molar-refractivity contribution in [2.75, 3.05) is 0 Å². The molecule has 0 radical (unpaired) electrons. The summed E-state index contributed by atoms with van der Waals surface area (Å²) in [6.45, 7) is 17.8. The third-order valence-electron chi connectivity index (χ3n) is 2.18. The molecule has 82 valence electrons. The molecule has 0 N–H and O–H groups in total. The monoisotopic (exact) mass is 203 g/mol. The number of allylic oxidation sites excluding steroid dienone is 6. The van der Waals surface area contributed by atoms with Crippen molar-refractivity contribution in [2.45, 2.75) is 34.6 Å². The highest BCUT2D eigenvalue weighted by molar-refractivity contribution is 6.08. The highest BCUT2D eigenvalue weighted by Crippen LogP contribution is 2.09. The number of nitrogens with zero attached hydrogens (tertiary/aromatic N) is 1. The Morgan fingerprint density at radius 3 is 1.87 bits per heavy atom. The van der Waals surface area contributed by atoms with Crippen molar-refractivity contribution in [3.8, 4) is 0 Å². The van der Waals surface area contributed by atoms with Crippen molar-refractivity contribution in [3.63, 3.8) is 0 Å². The van der Waals surface area contributed by atoms with Gasteiger partial charge in [0.1, 0.15) is 0 Å². The summed E-state index contributed by atoms with van der Waals surface area (Å²) < 4.78 is 0. The van der Waals surface area contributed by atoms with E-state index < -0.39 is 0 Å². The Kier molecular flexibility index (Phi) is 5.61. The molecule has 0 amide bonds. The zero-order valence-electron chi connectivity index (χ0n) is 10.5. The van der Waals surface area contributed by atoms with Crippen molar-refractivity contribution >= 4 is 5.71 Å². The second-order valence-corrected chi connectivity index (χ2v) is 3.82. The second-order valence-electron chi connectivity index (χ2n) is 3.82. The largest absolute Gasteiger partial charge is 0.254 e. The summed E-state index contributed by atoms with van der Waals surface area (Å²) in [5.41, 5.74) is 5.09. The summed E-state index contributed by atoms with van der Waals surface area (Å²) in [7, 11) is 0. The van der Waals surface area contributed by atoms with Crippen LogP contribution in [0.3, 0.4) is 0 Å². The molecule has 0 saturated carbocycles. The van der Waals surface area contributed by atoms with Crippen LogP contribution < -0.4 is 0 Å². The van der Waals surface area contributed by atoms with E-state index in [0.29, 0.717) is 0 Å². The van der Waals surface area contributed by atoms with Crippen LogP contribution in [0.4, 0.5) is 0 Å². The van der Waals surface area contributed by atoms with Crippen molar-refractivity contribution in [1.29, 1.82) is 0 Å². The second kappa shape index (κ2) is 6.18. The van der Waals surface area contributed by atoms with Crippen molar-refractivity contribution in [2.24, 2.45) is 4.99 Å². The minimum atomic E-state index is 0.922. The van der Waals surface area contributed by atoms with Crippen LogP contribution >= 0.6 is 0 Å². The molecule has 0 atom stereocenters. The third-order valence-corrected chi connectivity index (χ3v) is 2.18. The van der Waals surface area contributed by atoms with E-state index in [1.54, 1.807) is 0 Å². The first kappa shape index (κ1) is 13.6. The minimum Gasteiger partial charge on any atom is -0.254 e. The van der Waals surface area contributed by atoms with E-state index in [1.165, 1.54) is 0 Å². The third kappa shape index (κ3) is 5.16. The fourth-order valence-electron chi connectivity index (χ4n) is 0.834. The van der Waals surface area contributed by atoms with Gasteiger partial charge in [-0.05, 0) is 51.8 Å². The molecule has 1 heteroatoms. The van der Waals surface area contributed by atoms with E-state index in [1.807, 2.05) is 46.8 Å². The fourth-order valence-corrected chi connectivity index (χ4v) is 0.834. The zero-order valence-corrected chi connectivity index (χ0v) is 10.5. The Bertz CT molecular complexity index is 352. The van der Waals surface area contributed by atoms with Gasteiger partial charge in [-0.1, -0.05) is 24.8 Å². The van der Waals surface area contributed by atoms with Gasteiger partial charge in [-0.2, -0.15) is 0 Å². The van der Waals surface area contributed by atoms with Gasteiger partial charge in [0.2, 0.25) is 0 Å². The Morgan fingerprint density at radius 2 is 1.53 bits per heavy atom. The molecule has 0 aliphatic carbocycles. The molecule has 0 bridgehead atoms. The molecule has 0 rings (SSSR count). The Balaban J connectivity index is 5.19. The molecule has 0 heterocycles. The lowest BCUT2D eigenvalue weighted by atomic mass is 10.1. The first-order chi connectivity index (χ1) is 6.88. The first-order valence-electron chi connectivity index (χ1n) is 5.10. The van der Waals surface area contributed by atoms with Gasteiger partial charge in [-0.25, -0.2) is 0 Å². The summed E-state index contributed by atoms with van der Waals surface area (Å²) >= 11 is 0. The van der Waals surface area contributed by atoms with Crippen LogP contribution in [0.2, 0.25) is 0 Å². The molecule has 0 aromatic carbocycles. The molecule has 0 saturated heterocycles. The highest BCUT2D eigenvalue weighted by atomic mass is 14.7. The van der Waals surface area contributed by atoms with Gasteiger partial charge in [0.05, 0.1) is 5.71 Å². The molecule has 0 fully saturated rings.